The van der Waals surface area contributed by atoms with Crippen LogP contribution in [0.1, 0.15) is 20.8 Å². The predicted octanol–water partition coefficient (Wildman–Crippen LogP) is 3.48. The SMILES string of the molecule is CCOC(=O)N1C[C@H](C)N(C(C)=O)c2ccc(-c3cccc(S(C)(=O)=O)c3)cc21. The second-order valence-electron chi connectivity index (χ2n) is 7.05. The monoisotopic (exact) mass is 416 g/mol. The highest BCUT2D eigenvalue weighted by Crippen LogP contribution is 2.39. The molecule has 2 aromatic rings. The number of carbonyl (C=O) groups is 2. The minimum absolute atomic E-state index is 0.117. The molecule has 0 aromatic heterocycles. The van der Waals surface area contributed by atoms with Crippen LogP contribution >= 0.6 is 0 Å². The normalized spacial score (nSPS) is 16.3. The highest BCUT2D eigenvalue weighted by atomic mass is 32.2. The van der Waals surface area contributed by atoms with Gasteiger partial charge in [-0.25, -0.2) is 13.2 Å². The number of ether oxygens (including phenoxy) is 1. The van der Waals surface area contributed by atoms with Gasteiger partial charge in [-0.2, -0.15) is 0 Å². The van der Waals surface area contributed by atoms with E-state index in [4.69, 9.17) is 4.74 Å². The topological polar surface area (TPSA) is 84.0 Å². The molecule has 1 atom stereocenters. The van der Waals surface area contributed by atoms with E-state index in [1.165, 1.54) is 11.8 Å². The zero-order valence-corrected chi connectivity index (χ0v) is 17.7. The molecule has 2 amide bonds. The van der Waals surface area contributed by atoms with E-state index in [9.17, 15) is 18.0 Å². The summed E-state index contributed by atoms with van der Waals surface area (Å²) >= 11 is 0. The largest absolute Gasteiger partial charge is 0.449 e. The van der Waals surface area contributed by atoms with E-state index in [1.54, 1.807) is 48.2 Å². The Hall–Kier alpha value is -2.87. The van der Waals surface area contributed by atoms with Crippen molar-refractivity contribution >= 4 is 33.2 Å². The van der Waals surface area contributed by atoms with Gasteiger partial charge in [0.2, 0.25) is 5.91 Å². The quantitative estimate of drug-likeness (QED) is 0.765. The van der Waals surface area contributed by atoms with Crippen molar-refractivity contribution in [1.82, 2.24) is 0 Å². The summed E-state index contributed by atoms with van der Waals surface area (Å²) in [6.45, 7) is 5.65. The Morgan fingerprint density at radius 3 is 2.41 bits per heavy atom. The number of carbonyl (C=O) groups excluding carboxylic acids is 2. The van der Waals surface area contributed by atoms with Gasteiger partial charge in [-0.15, -0.1) is 0 Å². The molecule has 154 valence electrons. The molecule has 0 saturated carbocycles. The maximum Gasteiger partial charge on any atom is 0.414 e. The minimum Gasteiger partial charge on any atom is -0.449 e. The standard InChI is InChI=1S/C21H24N2O5S/c1-5-28-21(25)22-13-14(2)23(15(3)24)19-10-9-17(12-20(19)22)16-7-6-8-18(11-16)29(4,26)27/h6-12,14H,5,13H2,1-4H3/t14-/m0/s1. The molecule has 8 heteroatoms. The summed E-state index contributed by atoms with van der Waals surface area (Å²) in [4.78, 5) is 28.1. The Balaban J connectivity index is 2.14. The molecule has 0 N–H and O–H groups in total. The Morgan fingerprint density at radius 1 is 1.10 bits per heavy atom. The van der Waals surface area contributed by atoms with Gasteiger partial charge in [0, 0.05) is 19.7 Å². The van der Waals surface area contributed by atoms with Crippen molar-refractivity contribution in [2.75, 3.05) is 29.2 Å². The molecule has 3 rings (SSSR count). The van der Waals surface area contributed by atoms with Crippen LogP contribution in [0.2, 0.25) is 0 Å². The lowest BCUT2D eigenvalue weighted by atomic mass is 10.0. The highest BCUT2D eigenvalue weighted by Gasteiger charge is 2.34. The lowest BCUT2D eigenvalue weighted by Crippen LogP contribution is -2.51. The van der Waals surface area contributed by atoms with Crippen LogP contribution in [0.3, 0.4) is 0 Å². The van der Waals surface area contributed by atoms with Crippen LogP contribution < -0.4 is 9.80 Å². The van der Waals surface area contributed by atoms with Gasteiger partial charge in [0.15, 0.2) is 9.84 Å². The first-order chi connectivity index (χ1) is 13.6. The summed E-state index contributed by atoms with van der Waals surface area (Å²) in [7, 11) is -3.35. The van der Waals surface area contributed by atoms with E-state index in [2.05, 4.69) is 0 Å². The molecule has 0 spiro atoms. The zero-order valence-electron chi connectivity index (χ0n) is 16.9. The van der Waals surface area contributed by atoms with Crippen LogP contribution in [0.5, 0.6) is 0 Å². The molecule has 29 heavy (non-hydrogen) atoms. The van der Waals surface area contributed by atoms with E-state index in [-0.39, 0.29) is 23.5 Å². The molecule has 2 aromatic carbocycles. The van der Waals surface area contributed by atoms with Crippen LogP contribution in [0.4, 0.5) is 16.2 Å². The summed E-state index contributed by atoms with van der Waals surface area (Å²) in [5.41, 5.74) is 2.61. The number of rotatable bonds is 3. The number of fused-ring (bicyclic) bond motifs is 1. The third-order valence-corrected chi connectivity index (χ3v) is 5.95. The van der Waals surface area contributed by atoms with Crippen molar-refractivity contribution in [1.29, 1.82) is 0 Å². The average molecular weight is 416 g/mol. The molecule has 0 bridgehead atoms. The molecule has 7 nitrogen and oxygen atoms in total. The fourth-order valence-electron chi connectivity index (χ4n) is 3.57. The molecule has 1 heterocycles. The minimum atomic E-state index is -3.35. The Kier molecular flexibility index (Phi) is 5.66. The van der Waals surface area contributed by atoms with Crippen molar-refractivity contribution in [2.24, 2.45) is 0 Å². The molecule has 0 unspecified atom stereocenters. The van der Waals surface area contributed by atoms with E-state index < -0.39 is 15.9 Å². The maximum absolute atomic E-state index is 12.5. The number of anilines is 2. The van der Waals surface area contributed by atoms with Crippen LogP contribution in [0, 0.1) is 0 Å². The van der Waals surface area contributed by atoms with Gasteiger partial charge >= 0.3 is 6.09 Å². The van der Waals surface area contributed by atoms with Crippen molar-refractivity contribution in [3.63, 3.8) is 0 Å². The van der Waals surface area contributed by atoms with E-state index in [1.807, 2.05) is 13.0 Å². The Labute approximate surface area is 170 Å². The van der Waals surface area contributed by atoms with Crippen LogP contribution in [-0.4, -0.2) is 45.9 Å². The summed E-state index contributed by atoms with van der Waals surface area (Å²) in [5, 5.41) is 0. The average Bonchev–Trinajstić information content (AvgIpc) is 2.66. The summed E-state index contributed by atoms with van der Waals surface area (Å²) < 4.78 is 29.0. The zero-order chi connectivity index (χ0) is 21.3. The molecule has 1 aliphatic heterocycles. The molecule has 1 aliphatic rings. The first-order valence-electron chi connectivity index (χ1n) is 9.32. The molecule has 0 fully saturated rings. The lowest BCUT2D eigenvalue weighted by molar-refractivity contribution is -0.117. The van der Waals surface area contributed by atoms with Gasteiger partial charge in [0.05, 0.1) is 28.9 Å². The van der Waals surface area contributed by atoms with Gasteiger partial charge in [0.25, 0.3) is 0 Å². The number of amides is 2. The van der Waals surface area contributed by atoms with E-state index in [0.717, 1.165) is 11.8 Å². The number of sulfone groups is 1. The predicted molar refractivity (Wildman–Crippen MR) is 112 cm³/mol. The number of benzene rings is 2. The fourth-order valence-corrected chi connectivity index (χ4v) is 4.23. The van der Waals surface area contributed by atoms with E-state index >= 15 is 0 Å². The molecule has 0 radical (unpaired) electrons. The van der Waals surface area contributed by atoms with Crippen LogP contribution in [0.15, 0.2) is 47.4 Å². The van der Waals surface area contributed by atoms with Crippen molar-refractivity contribution in [2.45, 2.75) is 31.7 Å². The smallest absolute Gasteiger partial charge is 0.414 e. The van der Waals surface area contributed by atoms with Crippen LogP contribution in [-0.2, 0) is 19.4 Å². The Morgan fingerprint density at radius 2 is 1.79 bits per heavy atom. The first kappa shape index (κ1) is 20.9. The van der Waals surface area contributed by atoms with Crippen molar-refractivity contribution in [3.8, 4) is 11.1 Å². The third-order valence-electron chi connectivity index (χ3n) is 4.84. The molecule has 0 saturated heterocycles. The lowest BCUT2D eigenvalue weighted by Gasteiger charge is -2.40. The van der Waals surface area contributed by atoms with Crippen molar-refractivity contribution in [3.05, 3.63) is 42.5 Å². The number of hydrogen-bond donors (Lipinski definition) is 0. The summed E-state index contributed by atoms with van der Waals surface area (Å²) in [6.07, 6.45) is 0.680. The molecular weight excluding hydrogens is 392 g/mol. The van der Waals surface area contributed by atoms with Crippen LogP contribution in [0.25, 0.3) is 11.1 Å². The molecular formula is C21H24N2O5S. The second kappa shape index (κ2) is 7.87. The summed E-state index contributed by atoms with van der Waals surface area (Å²) in [6, 6.07) is 11.8. The van der Waals surface area contributed by atoms with E-state index in [0.29, 0.717) is 23.5 Å². The number of hydrogen-bond acceptors (Lipinski definition) is 5. The molecule has 0 aliphatic carbocycles. The van der Waals surface area contributed by atoms with Gasteiger partial charge in [-0.05, 0) is 49.2 Å². The van der Waals surface area contributed by atoms with Crippen molar-refractivity contribution < 1.29 is 22.7 Å². The number of nitrogens with zero attached hydrogens (tertiary/aromatic N) is 2. The highest BCUT2D eigenvalue weighted by molar-refractivity contribution is 7.90. The fraction of sp³-hybridized carbons (Fsp3) is 0.333. The maximum atomic E-state index is 12.5. The second-order valence-corrected chi connectivity index (χ2v) is 9.07. The van der Waals surface area contributed by atoms with Gasteiger partial charge in [-0.3, -0.25) is 9.69 Å². The Bertz CT molecular complexity index is 1060. The van der Waals surface area contributed by atoms with Gasteiger partial charge < -0.3 is 9.64 Å². The third kappa shape index (κ3) is 4.12. The van der Waals surface area contributed by atoms with Gasteiger partial charge in [-0.1, -0.05) is 18.2 Å². The van der Waals surface area contributed by atoms with Gasteiger partial charge in [0.1, 0.15) is 0 Å². The first-order valence-corrected chi connectivity index (χ1v) is 11.2. The summed E-state index contributed by atoms with van der Waals surface area (Å²) in [5.74, 6) is -0.117.